The van der Waals surface area contributed by atoms with Crippen molar-refractivity contribution < 1.29 is 14.0 Å². The van der Waals surface area contributed by atoms with E-state index in [0.717, 1.165) is 42.8 Å². The fraction of sp³-hybridized carbons (Fsp3) is 0.667. The molecule has 1 saturated heterocycles. The normalized spacial score (nSPS) is 22.4. The number of piperazine rings is 1. The number of methoxy groups -OCH3 is 1. The molecule has 1 aliphatic carbocycles. The number of fused-ring (bicyclic) bond motifs is 1. The van der Waals surface area contributed by atoms with Gasteiger partial charge in [0.05, 0.1) is 46.9 Å². The lowest BCUT2D eigenvalue weighted by Crippen LogP contribution is -2.58. The number of carbonyl (C=O) groups is 1. The number of rotatable bonds is 5. The van der Waals surface area contributed by atoms with Crippen molar-refractivity contribution in [3.05, 3.63) is 29.3 Å². The van der Waals surface area contributed by atoms with E-state index in [1.807, 2.05) is 4.90 Å². The molecule has 1 amide bonds. The van der Waals surface area contributed by atoms with Crippen LogP contribution in [0.1, 0.15) is 49.7 Å². The number of amides is 1. The molecule has 138 valence electrons. The van der Waals surface area contributed by atoms with Crippen LogP contribution in [-0.4, -0.2) is 62.2 Å². The van der Waals surface area contributed by atoms with Crippen LogP contribution in [-0.2, 0) is 11.2 Å². The zero-order valence-electron chi connectivity index (χ0n) is 16.1. The largest absolute Gasteiger partial charge is 0.496 e. The van der Waals surface area contributed by atoms with E-state index in [-0.39, 0.29) is 5.91 Å². The number of nitrogens with zero attached hydrogens (tertiary/aromatic N) is 2. The van der Waals surface area contributed by atoms with E-state index in [0.29, 0.717) is 5.92 Å². The predicted molar refractivity (Wildman–Crippen MR) is 101 cm³/mol. The molecular weight excluding hydrogens is 312 g/mol. The number of ether oxygens (including phenoxy) is 1. The molecule has 1 heterocycles. The third-order valence-corrected chi connectivity index (χ3v) is 6.32. The van der Waals surface area contributed by atoms with Gasteiger partial charge in [0, 0.05) is 6.92 Å². The van der Waals surface area contributed by atoms with Crippen LogP contribution in [0.4, 0.5) is 0 Å². The number of carbonyl (C=O) groups excluding carboxylic acids is 1. The van der Waals surface area contributed by atoms with E-state index in [4.69, 9.17) is 4.74 Å². The van der Waals surface area contributed by atoms with Gasteiger partial charge >= 0.3 is 0 Å². The second-order valence-corrected chi connectivity index (χ2v) is 8.06. The van der Waals surface area contributed by atoms with Crippen LogP contribution in [0.3, 0.4) is 0 Å². The summed E-state index contributed by atoms with van der Waals surface area (Å²) in [6.07, 6.45) is 6.27. The van der Waals surface area contributed by atoms with Crippen molar-refractivity contribution >= 4 is 5.91 Å². The van der Waals surface area contributed by atoms with Gasteiger partial charge in [-0.1, -0.05) is 12.1 Å². The van der Waals surface area contributed by atoms with Gasteiger partial charge in [-0.2, -0.15) is 0 Å². The van der Waals surface area contributed by atoms with Crippen LogP contribution in [0.25, 0.3) is 0 Å². The van der Waals surface area contributed by atoms with Crippen molar-refractivity contribution in [3.63, 3.8) is 0 Å². The van der Waals surface area contributed by atoms with E-state index in [1.165, 1.54) is 43.4 Å². The Kier molecular flexibility index (Phi) is 5.67. The van der Waals surface area contributed by atoms with Gasteiger partial charge in [-0.15, -0.1) is 0 Å². The molecule has 1 aliphatic heterocycles. The van der Waals surface area contributed by atoms with E-state index < -0.39 is 0 Å². The molecule has 1 atom stereocenters. The lowest BCUT2D eigenvalue weighted by Gasteiger charge is -2.42. The highest BCUT2D eigenvalue weighted by molar-refractivity contribution is 5.73. The van der Waals surface area contributed by atoms with Crippen molar-refractivity contribution in [1.29, 1.82) is 0 Å². The van der Waals surface area contributed by atoms with Gasteiger partial charge < -0.3 is 14.1 Å². The summed E-state index contributed by atoms with van der Waals surface area (Å²) in [5.41, 5.74) is 2.96. The Labute approximate surface area is 152 Å². The van der Waals surface area contributed by atoms with Gasteiger partial charge in [0.2, 0.25) is 5.91 Å². The number of likely N-dealkylation sites (N-methyl/N-ethyl adjacent to an activating group) is 1. The Bertz CT molecular complexity index is 606. The van der Waals surface area contributed by atoms with Crippen molar-refractivity contribution in [1.82, 2.24) is 4.90 Å². The summed E-state index contributed by atoms with van der Waals surface area (Å²) in [7, 11) is 4.14. The number of hydrogen-bond acceptors (Lipinski definition) is 2. The van der Waals surface area contributed by atoms with Gasteiger partial charge in [0.1, 0.15) is 5.75 Å². The zero-order chi connectivity index (χ0) is 17.9. The van der Waals surface area contributed by atoms with Gasteiger partial charge in [-0.05, 0) is 55.2 Å². The molecule has 0 bridgehead atoms. The summed E-state index contributed by atoms with van der Waals surface area (Å²) in [6.45, 7) is 6.92. The first kappa shape index (κ1) is 18.2. The fourth-order valence-corrected chi connectivity index (χ4v) is 4.61. The molecule has 0 N–H and O–H groups in total. The van der Waals surface area contributed by atoms with Crippen molar-refractivity contribution in [2.45, 2.75) is 44.9 Å². The Morgan fingerprint density at radius 2 is 2.08 bits per heavy atom. The van der Waals surface area contributed by atoms with Crippen molar-refractivity contribution in [3.8, 4) is 5.75 Å². The van der Waals surface area contributed by atoms with Gasteiger partial charge in [0.15, 0.2) is 0 Å². The maximum absolute atomic E-state index is 11.5. The van der Waals surface area contributed by atoms with Crippen LogP contribution in [0, 0.1) is 0 Å². The van der Waals surface area contributed by atoms with Crippen LogP contribution in [0.5, 0.6) is 5.75 Å². The number of hydrogen-bond donors (Lipinski definition) is 0. The highest BCUT2D eigenvalue weighted by atomic mass is 16.5. The van der Waals surface area contributed by atoms with Crippen molar-refractivity contribution in [2.75, 3.05) is 46.9 Å². The van der Waals surface area contributed by atoms with Crippen LogP contribution in [0.15, 0.2) is 18.2 Å². The molecule has 0 saturated carbocycles. The molecule has 3 rings (SSSR count). The second kappa shape index (κ2) is 7.77. The lowest BCUT2D eigenvalue weighted by atomic mass is 9.80. The highest BCUT2D eigenvalue weighted by Crippen LogP contribution is 2.39. The minimum absolute atomic E-state index is 0.221. The minimum atomic E-state index is 0.221. The van der Waals surface area contributed by atoms with E-state index in [9.17, 15) is 4.79 Å². The van der Waals surface area contributed by atoms with E-state index in [2.05, 4.69) is 25.2 Å². The average Bonchev–Trinajstić information content (AvgIpc) is 2.61. The molecule has 4 nitrogen and oxygen atoms in total. The second-order valence-electron chi connectivity index (χ2n) is 8.06. The molecular formula is C21H33N2O2+. The van der Waals surface area contributed by atoms with E-state index in [1.54, 1.807) is 14.0 Å². The summed E-state index contributed by atoms with van der Waals surface area (Å²) in [4.78, 5) is 13.5. The molecule has 1 fully saturated rings. The Balaban J connectivity index is 1.55. The van der Waals surface area contributed by atoms with Crippen LogP contribution >= 0.6 is 0 Å². The molecule has 0 radical (unpaired) electrons. The monoisotopic (exact) mass is 345 g/mol. The molecule has 1 unspecified atom stereocenters. The summed E-state index contributed by atoms with van der Waals surface area (Å²) in [5.74, 6) is 1.98. The van der Waals surface area contributed by atoms with E-state index >= 15 is 0 Å². The highest BCUT2D eigenvalue weighted by Gasteiger charge is 2.30. The maximum Gasteiger partial charge on any atom is 0.219 e. The molecule has 1 aromatic rings. The van der Waals surface area contributed by atoms with Gasteiger partial charge in [-0.25, -0.2) is 0 Å². The third-order valence-electron chi connectivity index (χ3n) is 6.32. The average molecular weight is 346 g/mol. The van der Waals surface area contributed by atoms with Crippen LogP contribution < -0.4 is 4.74 Å². The predicted octanol–water partition coefficient (Wildman–Crippen LogP) is 3.20. The van der Waals surface area contributed by atoms with Crippen LogP contribution in [0.2, 0.25) is 0 Å². The van der Waals surface area contributed by atoms with Crippen molar-refractivity contribution in [2.24, 2.45) is 0 Å². The molecule has 0 spiro atoms. The molecule has 2 aliphatic rings. The molecule has 25 heavy (non-hydrogen) atoms. The Morgan fingerprint density at radius 1 is 1.32 bits per heavy atom. The molecule has 0 aromatic heterocycles. The first-order chi connectivity index (χ1) is 12.0. The standard InChI is InChI=1S/C21H33N2O2/c1-17(24)22-12-15-23(2,16-13-22)14-6-8-18-7-4-10-20-19(18)9-5-11-21(20)25-3/h5,9,11,18H,4,6-8,10,12-16H2,1-3H3/q+1. The fourth-order valence-electron chi connectivity index (χ4n) is 4.61. The summed E-state index contributed by atoms with van der Waals surface area (Å²) in [6, 6.07) is 6.55. The zero-order valence-corrected chi connectivity index (χ0v) is 16.1. The number of benzene rings is 1. The number of quaternary nitrogens is 1. The quantitative estimate of drug-likeness (QED) is 0.767. The summed E-state index contributed by atoms with van der Waals surface area (Å²) < 4.78 is 6.68. The first-order valence-electron chi connectivity index (χ1n) is 9.77. The first-order valence-corrected chi connectivity index (χ1v) is 9.77. The minimum Gasteiger partial charge on any atom is -0.496 e. The SMILES string of the molecule is COc1cccc2c1CCCC2CCC[N+]1(C)CCN(C(C)=O)CC1. The maximum atomic E-state index is 11.5. The summed E-state index contributed by atoms with van der Waals surface area (Å²) >= 11 is 0. The van der Waals surface area contributed by atoms with Gasteiger partial charge in [-0.3, -0.25) is 4.79 Å². The molecule has 1 aromatic carbocycles. The smallest absolute Gasteiger partial charge is 0.219 e. The Hall–Kier alpha value is -1.55. The van der Waals surface area contributed by atoms with Gasteiger partial charge in [0.25, 0.3) is 0 Å². The summed E-state index contributed by atoms with van der Waals surface area (Å²) in [5, 5.41) is 0. The molecule has 4 heteroatoms. The Morgan fingerprint density at radius 3 is 2.76 bits per heavy atom. The topological polar surface area (TPSA) is 29.5 Å². The lowest BCUT2D eigenvalue weighted by molar-refractivity contribution is -0.913. The third kappa shape index (κ3) is 4.17.